The standard InChI is InChI=1S/C13H19N3O2/c1-9-4-5-12(16(17)18)13(6-9)15-8-10(2)14-7-11(15)3/h4-6,10-11,14H,7-8H2,1-3H3. The van der Waals surface area contributed by atoms with Crippen molar-refractivity contribution in [1.82, 2.24) is 5.32 Å². The van der Waals surface area contributed by atoms with Crippen LogP contribution in [0.2, 0.25) is 0 Å². The van der Waals surface area contributed by atoms with Crippen LogP contribution in [-0.2, 0) is 0 Å². The fourth-order valence-corrected chi connectivity index (χ4v) is 2.38. The number of nitro benzene ring substituents is 1. The maximum absolute atomic E-state index is 11.1. The predicted molar refractivity (Wildman–Crippen MR) is 72.1 cm³/mol. The van der Waals surface area contributed by atoms with Crippen LogP contribution in [0.1, 0.15) is 19.4 Å². The van der Waals surface area contributed by atoms with Crippen LogP contribution >= 0.6 is 0 Å². The summed E-state index contributed by atoms with van der Waals surface area (Å²) in [5.74, 6) is 0. The van der Waals surface area contributed by atoms with Gasteiger partial charge in [-0.3, -0.25) is 10.1 Å². The monoisotopic (exact) mass is 249 g/mol. The molecule has 1 saturated heterocycles. The van der Waals surface area contributed by atoms with E-state index in [1.54, 1.807) is 12.1 Å². The number of nitrogens with zero attached hydrogens (tertiary/aromatic N) is 2. The summed E-state index contributed by atoms with van der Waals surface area (Å²) in [5, 5.41) is 14.5. The van der Waals surface area contributed by atoms with Crippen molar-refractivity contribution in [3.05, 3.63) is 33.9 Å². The molecule has 0 aromatic heterocycles. The average molecular weight is 249 g/mol. The molecule has 0 saturated carbocycles. The smallest absolute Gasteiger partial charge is 0.292 e. The van der Waals surface area contributed by atoms with E-state index in [9.17, 15) is 10.1 Å². The van der Waals surface area contributed by atoms with Crippen molar-refractivity contribution in [1.29, 1.82) is 0 Å². The summed E-state index contributed by atoms with van der Waals surface area (Å²) in [6, 6.07) is 5.91. The van der Waals surface area contributed by atoms with Gasteiger partial charge in [0.1, 0.15) is 5.69 Å². The lowest BCUT2D eigenvalue weighted by Gasteiger charge is -2.39. The SMILES string of the molecule is Cc1ccc([N+](=O)[O-])c(N2CC(C)NCC2C)c1. The molecule has 0 amide bonds. The van der Waals surface area contributed by atoms with E-state index in [-0.39, 0.29) is 16.7 Å². The molecule has 1 aromatic carbocycles. The van der Waals surface area contributed by atoms with Crippen LogP contribution in [-0.4, -0.2) is 30.1 Å². The van der Waals surface area contributed by atoms with Crippen molar-refractivity contribution >= 4 is 11.4 Å². The number of aryl methyl sites for hydroxylation is 1. The number of hydrogen-bond donors (Lipinski definition) is 1. The molecule has 98 valence electrons. The van der Waals surface area contributed by atoms with Crippen LogP contribution in [0.4, 0.5) is 11.4 Å². The lowest BCUT2D eigenvalue weighted by atomic mass is 10.1. The van der Waals surface area contributed by atoms with E-state index in [0.29, 0.717) is 6.04 Å². The van der Waals surface area contributed by atoms with E-state index in [2.05, 4.69) is 24.1 Å². The summed E-state index contributed by atoms with van der Waals surface area (Å²) in [6.45, 7) is 7.80. The van der Waals surface area contributed by atoms with Crippen molar-refractivity contribution < 1.29 is 4.92 Å². The summed E-state index contributed by atoms with van der Waals surface area (Å²) in [5.41, 5.74) is 1.98. The molecule has 0 aliphatic carbocycles. The Morgan fingerprint density at radius 1 is 1.44 bits per heavy atom. The minimum Gasteiger partial charge on any atom is -0.360 e. The topological polar surface area (TPSA) is 58.4 Å². The lowest BCUT2D eigenvalue weighted by Crippen LogP contribution is -2.54. The molecule has 0 bridgehead atoms. The van der Waals surface area contributed by atoms with Crippen LogP contribution in [0.15, 0.2) is 18.2 Å². The average Bonchev–Trinajstić information content (AvgIpc) is 2.31. The second-order valence-corrected chi connectivity index (χ2v) is 5.06. The molecular formula is C13H19N3O2. The first-order chi connectivity index (χ1) is 8.49. The van der Waals surface area contributed by atoms with Gasteiger partial charge in [0.25, 0.3) is 5.69 Å². The first-order valence-electron chi connectivity index (χ1n) is 6.24. The second-order valence-electron chi connectivity index (χ2n) is 5.06. The molecule has 1 aliphatic heterocycles. The summed E-state index contributed by atoms with van der Waals surface area (Å²) >= 11 is 0. The first-order valence-corrected chi connectivity index (χ1v) is 6.24. The van der Waals surface area contributed by atoms with Gasteiger partial charge in [0.2, 0.25) is 0 Å². The number of rotatable bonds is 2. The molecule has 2 unspecified atom stereocenters. The van der Waals surface area contributed by atoms with E-state index in [1.165, 1.54) is 0 Å². The largest absolute Gasteiger partial charge is 0.360 e. The van der Waals surface area contributed by atoms with Gasteiger partial charge in [-0.25, -0.2) is 0 Å². The first kappa shape index (κ1) is 12.8. The van der Waals surface area contributed by atoms with Gasteiger partial charge in [-0.1, -0.05) is 6.07 Å². The summed E-state index contributed by atoms with van der Waals surface area (Å²) in [6.07, 6.45) is 0. The molecule has 5 nitrogen and oxygen atoms in total. The lowest BCUT2D eigenvalue weighted by molar-refractivity contribution is -0.384. The van der Waals surface area contributed by atoms with Crippen LogP contribution in [0.5, 0.6) is 0 Å². The fourth-order valence-electron chi connectivity index (χ4n) is 2.38. The van der Waals surface area contributed by atoms with Crippen LogP contribution in [0.3, 0.4) is 0 Å². The van der Waals surface area contributed by atoms with E-state index in [1.807, 2.05) is 13.0 Å². The highest BCUT2D eigenvalue weighted by atomic mass is 16.6. The summed E-state index contributed by atoms with van der Waals surface area (Å²) in [7, 11) is 0. The van der Waals surface area contributed by atoms with Crippen molar-refractivity contribution in [2.24, 2.45) is 0 Å². The minimum atomic E-state index is -0.297. The highest BCUT2D eigenvalue weighted by Gasteiger charge is 2.27. The number of nitrogens with one attached hydrogen (secondary N) is 1. The van der Waals surface area contributed by atoms with Crippen molar-refractivity contribution in [3.63, 3.8) is 0 Å². The number of hydrogen-bond acceptors (Lipinski definition) is 4. The molecule has 1 N–H and O–H groups in total. The molecular weight excluding hydrogens is 230 g/mol. The van der Waals surface area contributed by atoms with E-state index in [0.717, 1.165) is 24.3 Å². The quantitative estimate of drug-likeness (QED) is 0.644. The van der Waals surface area contributed by atoms with Crippen molar-refractivity contribution in [2.45, 2.75) is 32.9 Å². The zero-order valence-corrected chi connectivity index (χ0v) is 11.0. The Morgan fingerprint density at radius 2 is 2.17 bits per heavy atom. The van der Waals surface area contributed by atoms with Gasteiger partial charge in [0.05, 0.1) is 4.92 Å². The molecule has 1 aliphatic rings. The molecule has 2 rings (SSSR count). The molecule has 1 heterocycles. The maximum atomic E-state index is 11.1. The Hall–Kier alpha value is -1.62. The van der Waals surface area contributed by atoms with Crippen molar-refractivity contribution in [2.75, 3.05) is 18.0 Å². The van der Waals surface area contributed by atoms with Gasteiger partial charge in [-0.05, 0) is 32.4 Å². The van der Waals surface area contributed by atoms with Gasteiger partial charge < -0.3 is 10.2 Å². The van der Waals surface area contributed by atoms with Gasteiger partial charge in [-0.15, -0.1) is 0 Å². The Balaban J connectivity index is 2.41. The molecule has 1 fully saturated rings. The molecule has 0 spiro atoms. The van der Waals surface area contributed by atoms with E-state index >= 15 is 0 Å². The van der Waals surface area contributed by atoms with Crippen molar-refractivity contribution in [3.8, 4) is 0 Å². The van der Waals surface area contributed by atoms with Crippen LogP contribution < -0.4 is 10.2 Å². The summed E-state index contributed by atoms with van der Waals surface area (Å²) < 4.78 is 0. The molecule has 1 aromatic rings. The number of nitro groups is 1. The second kappa shape index (κ2) is 4.94. The minimum absolute atomic E-state index is 0.196. The normalized spacial score (nSPS) is 24.1. The maximum Gasteiger partial charge on any atom is 0.292 e. The zero-order chi connectivity index (χ0) is 13.3. The fraction of sp³-hybridized carbons (Fsp3) is 0.538. The number of anilines is 1. The number of piperazine rings is 1. The van der Waals surface area contributed by atoms with Gasteiger partial charge in [0, 0.05) is 31.2 Å². The summed E-state index contributed by atoms with van der Waals surface area (Å²) in [4.78, 5) is 13.0. The van der Waals surface area contributed by atoms with E-state index < -0.39 is 0 Å². The zero-order valence-electron chi connectivity index (χ0n) is 11.0. The Morgan fingerprint density at radius 3 is 2.83 bits per heavy atom. The molecule has 2 atom stereocenters. The van der Waals surface area contributed by atoms with Gasteiger partial charge >= 0.3 is 0 Å². The molecule has 5 heteroatoms. The molecule has 18 heavy (non-hydrogen) atoms. The third kappa shape index (κ3) is 2.46. The third-order valence-electron chi connectivity index (χ3n) is 3.40. The Bertz CT molecular complexity index is 462. The molecule has 0 radical (unpaired) electrons. The Labute approximate surface area is 107 Å². The third-order valence-corrected chi connectivity index (χ3v) is 3.40. The van der Waals surface area contributed by atoms with Crippen LogP contribution in [0, 0.1) is 17.0 Å². The van der Waals surface area contributed by atoms with Crippen LogP contribution in [0.25, 0.3) is 0 Å². The number of benzene rings is 1. The highest BCUT2D eigenvalue weighted by Crippen LogP contribution is 2.31. The Kier molecular flexibility index (Phi) is 3.52. The highest BCUT2D eigenvalue weighted by molar-refractivity contribution is 5.65. The predicted octanol–water partition coefficient (Wildman–Crippen LogP) is 2.09. The van der Waals surface area contributed by atoms with Gasteiger partial charge in [0.15, 0.2) is 0 Å². The van der Waals surface area contributed by atoms with E-state index in [4.69, 9.17) is 0 Å². The van der Waals surface area contributed by atoms with Gasteiger partial charge in [-0.2, -0.15) is 0 Å².